The molecule has 5 nitrogen and oxygen atoms in total. The zero-order valence-electron chi connectivity index (χ0n) is 18.6. The molecule has 0 saturated carbocycles. The Balaban J connectivity index is 1.88. The molecule has 0 spiro atoms. The van der Waals surface area contributed by atoms with E-state index in [1.807, 2.05) is 24.3 Å². The maximum absolute atomic E-state index is 10.9. The first kappa shape index (κ1) is 22.9. The molecule has 1 aromatic carbocycles. The molecule has 0 atom stereocenters. The molecular formula is C25H31N3O2S. The average molecular weight is 438 g/mol. The van der Waals surface area contributed by atoms with Crippen molar-refractivity contribution < 1.29 is 9.90 Å². The first-order valence-corrected chi connectivity index (χ1v) is 11.9. The van der Waals surface area contributed by atoms with Crippen molar-refractivity contribution in [1.29, 1.82) is 0 Å². The SMILES string of the molecule is CCCCCc1ccc(-c2nc(CC)c(CC)c(Nc3ccc(CC(=O)O)cc3)n2)s1. The molecule has 164 valence electrons. The van der Waals surface area contributed by atoms with Crippen molar-refractivity contribution in [2.45, 2.75) is 65.7 Å². The summed E-state index contributed by atoms with van der Waals surface area (Å²) in [6.07, 6.45) is 6.53. The summed E-state index contributed by atoms with van der Waals surface area (Å²) in [6.45, 7) is 6.47. The number of aryl methyl sites for hydroxylation is 2. The highest BCUT2D eigenvalue weighted by molar-refractivity contribution is 7.15. The van der Waals surface area contributed by atoms with Gasteiger partial charge in [0.2, 0.25) is 0 Å². The van der Waals surface area contributed by atoms with Gasteiger partial charge in [0.25, 0.3) is 0 Å². The standard InChI is InChI=1S/C25H31N3O2S/c1-4-7-8-9-19-14-15-22(31-19)25-27-21(6-3)20(5-2)24(28-25)26-18-12-10-17(11-13-18)16-23(29)30/h10-15H,4-9,16H2,1-3H3,(H,29,30)(H,26,27,28). The Hall–Kier alpha value is -2.73. The molecule has 0 amide bonds. The van der Waals surface area contributed by atoms with Crippen LogP contribution in [0.1, 0.15) is 61.7 Å². The highest BCUT2D eigenvalue weighted by Crippen LogP contribution is 2.31. The maximum Gasteiger partial charge on any atom is 0.307 e. The number of rotatable bonds is 11. The topological polar surface area (TPSA) is 75.1 Å². The van der Waals surface area contributed by atoms with E-state index >= 15 is 0 Å². The molecule has 2 aromatic heterocycles. The zero-order valence-corrected chi connectivity index (χ0v) is 19.4. The van der Waals surface area contributed by atoms with Gasteiger partial charge in [-0.3, -0.25) is 4.79 Å². The number of thiophene rings is 1. The summed E-state index contributed by atoms with van der Waals surface area (Å²) in [5.41, 5.74) is 3.86. The first-order chi connectivity index (χ1) is 15.0. The summed E-state index contributed by atoms with van der Waals surface area (Å²) >= 11 is 1.78. The third-order valence-corrected chi connectivity index (χ3v) is 6.40. The van der Waals surface area contributed by atoms with Crippen LogP contribution in [0, 0.1) is 0 Å². The van der Waals surface area contributed by atoms with Crippen molar-refractivity contribution in [3.8, 4) is 10.7 Å². The van der Waals surface area contributed by atoms with Gasteiger partial charge in [-0.1, -0.05) is 45.7 Å². The van der Waals surface area contributed by atoms with Crippen LogP contribution in [-0.2, 0) is 30.5 Å². The Kier molecular flexibility index (Phi) is 8.18. The van der Waals surface area contributed by atoms with Crippen molar-refractivity contribution in [1.82, 2.24) is 9.97 Å². The van der Waals surface area contributed by atoms with Crippen molar-refractivity contribution in [3.63, 3.8) is 0 Å². The summed E-state index contributed by atoms with van der Waals surface area (Å²) in [5, 5.41) is 12.4. The molecule has 0 aliphatic carbocycles. The summed E-state index contributed by atoms with van der Waals surface area (Å²) in [6, 6.07) is 11.8. The van der Waals surface area contributed by atoms with E-state index in [1.54, 1.807) is 11.3 Å². The first-order valence-electron chi connectivity index (χ1n) is 11.1. The van der Waals surface area contributed by atoms with Crippen LogP contribution in [0.3, 0.4) is 0 Å². The van der Waals surface area contributed by atoms with Crippen LogP contribution in [0.4, 0.5) is 11.5 Å². The number of nitrogens with one attached hydrogen (secondary N) is 1. The molecule has 6 heteroatoms. The van der Waals surface area contributed by atoms with Gasteiger partial charge in [-0.2, -0.15) is 0 Å². The number of benzene rings is 1. The summed E-state index contributed by atoms with van der Waals surface area (Å²) in [7, 11) is 0. The van der Waals surface area contributed by atoms with E-state index in [0.717, 1.165) is 58.3 Å². The van der Waals surface area contributed by atoms with Crippen LogP contribution in [-0.4, -0.2) is 21.0 Å². The molecule has 0 saturated heterocycles. The Morgan fingerprint density at radius 2 is 1.77 bits per heavy atom. The second kappa shape index (κ2) is 11.0. The molecule has 2 N–H and O–H groups in total. The lowest BCUT2D eigenvalue weighted by Crippen LogP contribution is -2.07. The Labute approximate surface area is 188 Å². The second-order valence-corrected chi connectivity index (χ2v) is 8.81. The van der Waals surface area contributed by atoms with Gasteiger partial charge in [-0.15, -0.1) is 11.3 Å². The molecule has 3 aromatic rings. The highest BCUT2D eigenvalue weighted by Gasteiger charge is 2.15. The predicted molar refractivity (Wildman–Crippen MR) is 128 cm³/mol. The fourth-order valence-electron chi connectivity index (χ4n) is 3.61. The third-order valence-electron chi connectivity index (χ3n) is 5.26. The molecule has 0 bridgehead atoms. The monoisotopic (exact) mass is 437 g/mol. The van der Waals surface area contributed by atoms with Gasteiger partial charge in [-0.05, 0) is 55.5 Å². The molecule has 0 unspecified atom stereocenters. The summed E-state index contributed by atoms with van der Waals surface area (Å²) < 4.78 is 0. The van der Waals surface area contributed by atoms with Gasteiger partial charge in [0.15, 0.2) is 5.82 Å². The number of aliphatic carboxylic acids is 1. The smallest absolute Gasteiger partial charge is 0.307 e. The summed E-state index contributed by atoms with van der Waals surface area (Å²) in [5.74, 6) is 0.772. The van der Waals surface area contributed by atoms with Crippen molar-refractivity contribution in [3.05, 3.63) is 58.1 Å². The minimum absolute atomic E-state index is 0.0249. The lowest BCUT2D eigenvalue weighted by molar-refractivity contribution is -0.136. The number of carboxylic acid groups (broad SMARTS) is 1. The minimum atomic E-state index is -0.827. The third kappa shape index (κ3) is 6.14. The van der Waals surface area contributed by atoms with Crippen molar-refractivity contribution in [2.75, 3.05) is 5.32 Å². The van der Waals surface area contributed by atoms with Gasteiger partial charge >= 0.3 is 5.97 Å². The van der Waals surface area contributed by atoms with Crippen molar-refractivity contribution in [2.24, 2.45) is 0 Å². The van der Waals surface area contributed by atoms with Gasteiger partial charge in [-0.25, -0.2) is 9.97 Å². The van der Waals surface area contributed by atoms with E-state index in [0.29, 0.717) is 0 Å². The molecule has 2 heterocycles. The number of hydrogen-bond donors (Lipinski definition) is 2. The van der Waals surface area contributed by atoms with E-state index in [9.17, 15) is 4.79 Å². The Morgan fingerprint density at radius 1 is 1.00 bits per heavy atom. The van der Waals surface area contributed by atoms with E-state index < -0.39 is 5.97 Å². The highest BCUT2D eigenvalue weighted by atomic mass is 32.1. The van der Waals surface area contributed by atoms with Crippen LogP contribution in [0.5, 0.6) is 0 Å². The Morgan fingerprint density at radius 3 is 2.42 bits per heavy atom. The lowest BCUT2D eigenvalue weighted by atomic mass is 10.1. The molecule has 0 fully saturated rings. The fraction of sp³-hybridized carbons (Fsp3) is 0.400. The quantitative estimate of drug-likeness (QED) is 0.338. The van der Waals surface area contributed by atoms with Crippen LogP contribution >= 0.6 is 11.3 Å². The van der Waals surface area contributed by atoms with Crippen LogP contribution in [0.15, 0.2) is 36.4 Å². The number of carboxylic acids is 1. The fourth-order valence-corrected chi connectivity index (χ4v) is 4.59. The number of aromatic nitrogens is 2. The molecule has 3 rings (SSSR count). The molecule has 0 aliphatic rings. The van der Waals surface area contributed by atoms with Gasteiger partial charge in [0, 0.05) is 21.8 Å². The summed E-state index contributed by atoms with van der Waals surface area (Å²) in [4.78, 5) is 23.2. The van der Waals surface area contributed by atoms with Crippen molar-refractivity contribution >= 4 is 28.8 Å². The number of carbonyl (C=O) groups is 1. The van der Waals surface area contributed by atoms with Gasteiger partial charge in [0.05, 0.1) is 11.3 Å². The lowest BCUT2D eigenvalue weighted by Gasteiger charge is -2.15. The normalized spacial score (nSPS) is 10.9. The average Bonchev–Trinajstić information content (AvgIpc) is 3.23. The number of hydrogen-bond acceptors (Lipinski definition) is 5. The molecular weight excluding hydrogens is 406 g/mol. The number of nitrogens with zero attached hydrogens (tertiary/aromatic N) is 2. The van der Waals surface area contributed by atoms with Gasteiger partial charge < -0.3 is 10.4 Å². The maximum atomic E-state index is 10.9. The van der Waals surface area contributed by atoms with E-state index in [2.05, 4.69) is 38.2 Å². The minimum Gasteiger partial charge on any atom is -0.481 e. The van der Waals surface area contributed by atoms with Crippen LogP contribution < -0.4 is 5.32 Å². The van der Waals surface area contributed by atoms with E-state index in [1.165, 1.54) is 24.1 Å². The number of unbranched alkanes of at least 4 members (excludes halogenated alkanes) is 2. The molecule has 31 heavy (non-hydrogen) atoms. The second-order valence-electron chi connectivity index (χ2n) is 7.64. The van der Waals surface area contributed by atoms with Crippen LogP contribution in [0.25, 0.3) is 10.7 Å². The Bertz CT molecular complexity index is 1010. The van der Waals surface area contributed by atoms with E-state index in [-0.39, 0.29) is 6.42 Å². The molecule has 0 radical (unpaired) electrons. The number of anilines is 2. The zero-order chi connectivity index (χ0) is 22.2. The van der Waals surface area contributed by atoms with Gasteiger partial charge in [0.1, 0.15) is 5.82 Å². The predicted octanol–water partition coefficient (Wildman–Crippen LogP) is 6.43. The van der Waals surface area contributed by atoms with Crippen LogP contribution in [0.2, 0.25) is 0 Å². The van der Waals surface area contributed by atoms with E-state index in [4.69, 9.17) is 15.1 Å². The molecule has 0 aliphatic heterocycles. The largest absolute Gasteiger partial charge is 0.481 e.